The smallest absolute Gasteiger partial charge is 0.331 e. The van der Waals surface area contributed by atoms with E-state index in [9.17, 15) is 24.0 Å². The van der Waals surface area contributed by atoms with E-state index in [1.807, 2.05) is 51.1 Å². The number of carbonyl (C=O) groups is 5. The van der Waals surface area contributed by atoms with E-state index in [-0.39, 0.29) is 24.5 Å². The van der Waals surface area contributed by atoms with Crippen molar-refractivity contribution in [1.82, 2.24) is 0 Å². The van der Waals surface area contributed by atoms with E-state index in [0.29, 0.717) is 23.1 Å². The summed E-state index contributed by atoms with van der Waals surface area (Å²) in [5.41, 5.74) is 0.615. The molecule has 9 nitrogen and oxygen atoms in total. The van der Waals surface area contributed by atoms with E-state index in [1.54, 1.807) is 13.0 Å². The Labute approximate surface area is 258 Å². The van der Waals surface area contributed by atoms with Gasteiger partial charge in [0.05, 0.1) is 5.41 Å². The zero-order valence-corrected chi connectivity index (χ0v) is 26.5. The van der Waals surface area contributed by atoms with E-state index >= 15 is 0 Å². The summed E-state index contributed by atoms with van der Waals surface area (Å²) in [5, 5.41) is 0. The molecule has 0 heterocycles. The summed E-state index contributed by atoms with van der Waals surface area (Å²) >= 11 is 0. The molecule has 236 valence electrons. The lowest BCUT2D eigenvalue weighted by atomic mass is 9.49. The number of benzene rings is 1. The van der Waals surface area contributed by atoms with E-state index in [4.69, 9.17) is 18.9 Å². The second-order valence-corrected chi connectivity index (χ2v) is 12.9. The Bertz CT molecular complexity index is 1420. The zero-order valence-electron chi connectivity index (χ0n) is 26.5. The summed E-state index contributed by atoms with van der Waals surface area (Å²) in [5.74, 6) is -3.29. The van der Waals surface area contributed by atoms with Gasteiger partial charge in [0.15, 0.2) is 18.0 Å². The molecule has 44 heavy (non-hydrogen) atoms. The number of carbonyl (C=O) groups excluding carboxylic acids is 5. The molecule has 2 saturated carbocycles. The lowest BCUT2D eigenvalue weighted by Crippen LogP contribution is -2.64. The van der Waals surface area contributed by atoms with Crippen molar-refractivity contribution in [2.45, 2.75) is 92.1 Å². The number of ketones is 1. The Morgan fingerprint density at radius 1 is 0.886 bits per heavy atom. The maximum Gasteiger partial charge on any atom is 0.331 e. The molecule has 2 fully saturated rings. The molecule has 0 radical (unpaired) electrons. The lowest BCUT2D eigenvalue weighted by molar-refractivity contribution is -0.211. The number of allylic oxidation sites excluding steroid dienone is 1. The van der Waals surface area contributed by atoms with Crippen LogP contribution in [0.1, 0.15) is 73.3 Å². The van der Waals surface area contributed by atoms with Crippen LogP contribution in [0.15, 0.2) is 59.7 Å². The van der Waals surface area contributed by atoms with Crippen LogP contribution in [0, 0.1) is 22.7 Å². The first-order chi connectivity index (χ1) is 20.6. The van der Waals surface area contributed by atoms with Gasteiger partial charge in [-0.2, -0.15) is 0 Å². The second-order valence-electron chi connectivity index (χ2n) is 12.9. The van der Waals surface area contributed by atoms with Crippen molar-refractivity contribution in [3.05, 3.63) is 65.3 Å². The third-order valence-corrected chi connectivity index (χ3v) is 9.76. The van der Waals surface area contributed by atoms with Gasteiger partial charge in [-0.05, 0) is 59.0 Å². The predicted octanol–water partition coefficient (Wildman–Crippen LogP) is 5.32. The summed E-state index contributed by atoms with van der Waals surface area (Å²) in [6.07, 6.45) is -0.379. The first kappa shape index (κ1) is 32.9. The van der Waals surface area contributed by atoms with Gasteiger partial charge in [-0.1, -0.05) is 57.7 Å². The fraction of sp³-hybridized carbons (Fsp3) is 0.514. The van der Waals surface area contributed by atoms with Gasteiger partial charge >= 0.3 is 23.9 Å². The van der Waals surface area contributed by atoms with E-state index < -0.39 is 65.0 Å². The molecule has 0 unspecified atom stereocenters. The zero-order chi connectivity index (χ0) is 32.6. The van der Waals surface area contributed by atoms with Crippen LogP contribution < -0.4 is 0 Å². The molecule has 1 aromatic rings. The summed E-state index contributed by atoms with van der Waals surface area (Å²) in [6.45, 7) is 15.7. The average Bonchev–Trinajstić information content (AvgIpc) is 2.93. The summed E-state index contributed by atoms with van der Waals surface area (Å²) in [4.78, 5) is 64.2. The van der Waals surface area contributed by atoms with Crippen LogP contribution in [-0.2, 0) is 42.9 Å². The normalized spacial score (nSPS) is 31.3. The van der Waals surface area contributed by atoms with Crippen LogP contribution in [0.5, 0.6) is 0 Å². The largest absolute Gasteiger partial charge is 0.462 e. The van der Waals surface area contributed by atoms with E-state index in [1.165, 1.54) is 26.8 Å². The number of esters is 4. The molecule has 1 aromatic carbocycles. The quantitative estimate of drug-likeness (QED) is 0.183. The van der Waals surface area contributed by atoms with Gasteiger partial charge in [0.25, 0.3) is 0 Å². The SMILES string of the molecule is C=C1[C@@H](OC(=O)/C=C/c2ccccc2)C[C@H](OC(C)=O)[C@]2(C)[C@@H]1C[C@@H]1CC(=O)C(C)=C([C@@H](OC(C)=O)[C@H]2OC(C)=O)C1(C)C. The highest BCUT2D eigenvalue weighted by Gasteiger charge is 2.64. The molecule has 4 rings (SSSR count). The first-order valence-electron chi connectivity index (χ1n) is 15.0. The van der Waals surface area contributed by atoms with Crippen molar-refractivity contribution in [2.24, 2.45) is 22.7 Å². The second kappa shape index (κ2) is 12.5. The molecule has 2 bridgehead atoms. The Morgan fingerprint density at radius 2 is 1.50 bits per heavy atom. The predicted molar refractivity (Wildman–Crippen MR) is 162 cm³/mol. The van der Waals surface area contributed by atoms with Gasteiger partial charge < -0.3 is 18.9 Å². The molecule has 9 heteroatoms. The van der Waals surface area contributed by atoms with Crippen molar-refractivity contribution in [2.75, 3.05) is 0 Å². The van der Waals surface area contributed by atoms with Gasteiger partial charge in [0, 0.05) is 39.7 Å². The molecular formula is C35H42O9. The Morgan fingerprint density at radius 3 is 2.09 bits per heavy atom. The average molecular weight is 607 g/mol. The van der Waals surface area contributed by atoms with Crippen molar-refractivity contribution >= 4 is 35.7 Å². The van der Waals surface area contributed by atoms with Gasteiger partial charge in [-0.15, -0.1) is 0 Å². The minimum Gasteiger partial charge on any atom is -0.462 e. The third-order valence-electron chi connectivity index (χ3n) is 9.76. The summed E-state index contributed by atoms with van der Waals surface area (Å²) in [6, 6.07) is 9.29. The third kappa shape index (κ3) is 6.28. The maximum atomic E-state index is 13.4. The topological polar surface area (TPSA) is 122 Å². The fourth-order valence-electron chi connectivity index (χ4n) is 7.51. The number of rotatable bonds is 6. The molecule has 0 aliphatic heterocycles. The molecule has 7 atom stereocenters. The van der Waals surface area contributed by atoms with E-state index in [2.05, 4.69) is 6.58 Å². The van der Waals surface area contributed by atoms with Crippen LogP contribution in [0.25, 0.3) is 6.08 Å². The van der Waals surface area contributed by atoms with Crippen molar-refractivity contribution in [1.29, 1.82) is 0 Å². The number of ether oxygens (including phenoxy) is 4. The highest BCUT2D eigenvalue weighted by Crippen LogP contribution is 2.60. The molecule has 3 aliphatic rings. The molecular weight excluding hydrogens is 564 g/mol. The molecule has 0 spiro atoms. The number of hydrogen-bond acceptors (Lipinski definition) is 9. The lowest BCUT2D eigenvalue weighted by Gasteiger charge is -2.59. The number of Topliss-reactive ketones (excluding diaryl/α,β-unsaturated/α-hetero) is 1. The van der Waals surface area contributed by atoms with E-state index in [0.717, 1.165) is 5.56 Å². The van der Waals surface area contributed by atoms with Crippen LogP contribution in [-0.4, -0.2) is 54.1 Å². The molecule has 3 aliphatic carbocycles. The van der Waals surface area contributed by atoms with Crippen LogP contribution in [0.4, 0.5) is 0 Å². The van der Waals surface area contributed by atoms with Gasteiger partial charge in [-0.25, -0.2) is 4.79 Å². The Kier molecular flexibility index (Phi) is 9.37. The minimum atomic E-state index is -1.17. The first-order valence-corrected chi connectivity index (χ1v) is 15.0. The van der Waals surface area contributed by atoms with Gasteiger partial charge in [0.1, 0.15) is 12.2 Å². The molecule has 0 amide bonds. The van der Waals surface area contributed by atoms with Gasteiger partial charge in [0.2, 0.25) is 0 Å². The summed E-state index contributed by atoms with van der Waals surface area (Å²) < 4.78 is 23.8. The van der Waals surface area contributed by atoms with Crippen molar-refractivity contribution < 1.29 is 42.9 Å². The number of fused-ring (bicyclic) bond motifs is 3. The highest BCUT2D eigenvalue weighted by atomic mass is 16.6. The summed E-state index contributed by atoms with van der Waals surface area (Å²) in [7, 11) is 0. The molecule has 0 aromatic heterocycles. The fourth-order valence-corrected chi connectivity index (χ4v) is 7.51. The number of hydrogen-bond donors (Lipinski definition) is 0. The van der Waals surface area contributed by atoms with Crippen LogP contribution in [0.3, 0.4) is 0 Å². The van der Waals surface area contributed by atoms with Crippen LogP contribution >= 0.6 is 0 Å². The van der Waals surface area contributed by atoms with Gasteiger partial charge in [-0.3, -0.25) is 19.2 Å². The Balaban J connectivity index is 1.86. The van der Waals surface area contributed by atoms with Crippen molar-refractivity contribution in [3.63, 3.8) is 0 Å². The molecule has 0 saturated heterocycles. The standard InChI is InChI=1S/C35H42O9/c1-19-26-16-25-17-27(39)20(2)31(34(25,6)7)32(42-22(4)37)33(43-23(5)38)35(26,8)29(41-21(3)36)18-28(19)44-30(40)15-14-24-12-10-9-11-13-24/h9-15,25-26,28-29,32-33H,1,16-18H2,2-8H3/b15-14+/t25-,26-,28+,29+,32-,33-,35+/m1/s1. The minimum absolute atomic E-state index is 0.0475. The highest BCUT2D eigenvalue weighted by molar-refractivity contribution is 5.97. The molecule has 0 N–H and O–H groups in total. The van der Waals surface area contributed by atoms with Crippen LogP contribution in [0.2, 0.25) is 0 Å². The Hall–Kier alpha value is -4.01. The van der Waals surface area contributed by atoms with Crippen molar-refractivity contribution in [3.8, 4) is 0 Å². The monoisotopic (exact) mass is 606 g/mol. The maximum absolute atomic E-state index is 13.4.